The van der Waals surface area contributed by atoms with Crippen LogP contribution in [0.3, 0.4) is 0 Å². The average Bonchev–Trinajstić information content (AvgIpc) is 2.65. The first kappa shape index (κ1) is 12.2. The molecule has 0 saturated carbocycles. The first-order chi connectivity index (χ1) is 6.67. The van der Waals surface area contributed by atoms with Crippen LogP contribution >= 0.6 is 11.6 Å². The van der Waals surface area contributed by atoms with E-state index in [1.165, 1.54) is 4.31 Å². The summed E-state index contributed by atoms with van der Waals surface area (Å²) in [7, 11) is -3.20. The van der Waals surface area contributed by atoms with Crippen LogP contribution in [0.4, 0.5) is 0 Å². The van der Waals surface area contributed by atoms with E-state index in [0.717, 1.165) is 25.7 Å². The first-order valence-corrected chi connectivity index (χ1v) is 6.95. The van der Waals surface area contributed by atoms with Crippen molar-refractivity contribution in [3.63, 3.8) is 0 Å². The van der Waals surface area contributed by atoms with Gasteiger partial charge in [-0.3, -0.25) is 0 Å². The lowest BCUT2D eigenvalue weighted by Gasteiger charge is -2.15. The van der Waals surface area contributed by atoms with Crippen LogP contribution in [0.1, 0.15) is 25.7 Å². The van der Waals surface area contributed by atoms with Gasteiger partial charge in [0.2, 0.25) is 0 Å². The Labute approximate surface area is 90.8 Å². The van der Waals surface area contributed by atoms with Gasteiger partial charge in [-0.25, -0.2) is 4.72 Å². The Kier molecular flexibility index (Phi) is 5.15. The van der Waals surface area contributed by atoms with Crippen molar-refractivity contribution in [1.82, 2.24) is 9.03 Å². The van der Waals surface area contributed by atoms with Crippen molar-refractivity contribution in [2.45, 2.75) is 25.7 Å². The summed E-state index contributed by atoms with van der Waals surface area (Å²) in [4.78, 5) is 0. The summed E-state index contributed by atoms with van der Waals surface area (Å²) >= 11 is 5.49. The van der Waals surface area contributed by atoms with Gasteiger partial charge in [-0.05, 0) is 25.7 Å². The predicted molar refractivity (Wildman–Crippen MR) is 57.7 cm³/mol. The molecule has 1 saturated heterocycles. The molecule has 1 N–H and O–H groups in total. The summed E-state index contributed by atoms with van der Waals surface area (Å²) in [5, 5.41) is 0. The Bertz CT molecular complexity index is 250. The molecule has 1 fully saturated rings. The molecule has 0 aromatic rings. The average molecular weight is 241 g/mol. The van der Waals surface area contributed by atoms with Gasteiger partial charge in [0, 0.05) is 25.5 Å². The van der Waals surface area contributed by atoms with Crippen LogP contribution < -0.4 is 4.72 Å². The van der Waals surface area contributed by atoms with E-state index in [1.54, 1.807) is 0 Å². The highest BCUT2D eigenvalue weighted by atomic mass is 35.5. The van der Waals surface area contributed by atoms with Crippen molar-refractivity contribution < 1.29 is 8.42 Å². The number of unbranched alkanes of at least 4 members (excludes halogenated alkanes) is 1. The van der Waals surface area contributed by atoms with E-state index in [2.05, 4.69) is 4.72 Å². The Morgan fingerprint density at radius 2 is 1.86 bits per heavy atom. The van der Waals surface area contributed by atoms with Crippen LogP contribution in [0.25, 0.3) is 0 Å². The lowest BCUT2D eigenvalue weighted by Crippen LogP contribution is -2.39. The maximum atomic E-state index is 11.6. The van der Waals surface area contributed by atoms with Crippen LogP contribution in [-0.2, 0) is 10.2 Å². The maximum Gasteiger partial charge on any atom is 0.279 e. The molecule has 0 spiro atoms. The number of halogens is 1. The minimum absolute atomic E-state index is 0.492. The smallest absolute Gasteiger partial charge is 0.202 e. The molecule has 14 heavy (non-hydrogen) atoms. The molecule has 0 radical (unpaired) electrons. The molecule has 1 aliphatic rings. The molecule has 6 heteroatoms. The first-order valence-electron chi connectivity index (χ1n) is 4.97. The van der Waals surface area contributed by atoms with Crippen molar-refractivity contribution in [1.29, 1.82) is 0 Å². The molecule has 0 bridgehead atoms. The molecular weight excluding hydrogens is 224 g/mol. The zero-order chi connectivity index (χ0) is 10.4. The Hall–Kier alpha value is 0.160. The van der Waals surface area contributed by atoms with Crippen molar-refractivity contribution in [2.24, 2.45) is 0 Å². The summed E-state index contributed by atoms with van der Waals surface area (Å²) in [6.07, 6.45) is 3.60. The van der Waals surface area contributed by atoms with E-state index in [9.17, 15) is 8.42 Å². The van der Waals surface area contributed by atoms with Gasteiger partial charge < -0.3 is 0 Å². The zero-order valence-electron chi connectivity index (χ0n) is 8.21. The number of rotatable bonds is 6. The standard InChI is InChI=1S/C8H17ClN2O2S/c9-5-1-2-6-10-14(12,13)11-7-3-4-8-11/h10H,1-8H2. The molecule has 0 aromatic carbocycles. The van der Waals surface area contributed by atoms with E-state index in [4.69, 9.17) is 11.6 Å². The number of alkyl halides is 1. The lowest BCUT2D eigenvalue weighted by atomic mass is 10.3. The quantitative estimate of drug-likeness (QED) is 0.555. The van der Waals surface area contributed by atoms with Crippen LogP contribution in [-0.4, -0.2) is 38.2 Å². The molecule has 4 nitrogen and oxygen atoms in total. The second-order valence-corrected chi connectivity index (χ2v) is 5.53. The van der Waals surface area contributed by atoms with Gasteiger partial charge in [-0.1, -0.05) is 0 Å². The number of hydrogen-bond donors (Lipinski definition) is 1. The SMILES string of the molecule is O=S(=O)(NCCCCCl)N1CCCC1. The molecule has 0 aromatic heterocycles. The van der Waals surface area contributed by atoms with Gasteiger partial charge >= 0.3 is 0 Å². The molecular formula is C8H17ClN2O2S. The van der Waals surface area contributed by atoms with Gasteiger partial charge in [0.15, 0.2) is 0 Å². The van der Waals surface area contributed by atoms with E-state index < -0.39 is 10.2 Å². The van der Waals surface area contributed by atoms with Crippen LogP contribution in [0.15, 0.2) is 0 Å². The van der Waals surface area contributed by atoms with E-state index in [0.29, 0.717) is 25.5 Å². The van der Waals surface area contributed by atoms with Gasteiger partial charge in [0.1, 0.15) is 0 Å². The molecule has 1 aliphatic heterocycles. The highest BCUT2D eigenvalue weighted by Crippen LogP contribution is 2.10. The second-order valence-electron chi connectivity index (χ2n) is 3.40. The largest absolute Gasteiger partial charge is 0.279 e. The van der Waals surface area contributed by atoms with Gasteiger partial charge in [0.05, 0.1) is 0 Å². The third-order valence-electron chi connectivity index (χ3n) is 2.25. The molecule has 84 valence electrons. The maximum absolute atomic E-state index is 11.6. The highest BCUT2D eigenvalue weighted by molar-refractivity contribution is 7.87. The van der Waals surface area contributed by atoms with Crippen molar-refractivity contribution in [3.8, 4) is 0 Å². The third kappa shape index (κ3) is 3.73. The second kappa shape index (κ2) is 5.90. The lowest BCUT2D eigenvalue weighted by molar-refractivity contribution is 0.464. The Morgan fingerprint density at radius 3 is 2.43 bits per heavy atom. The van der Waals surface area contributed by atoms with Gasteiger partial charge in [-0.2, -0.15) is 12.7 Å². The predicted octanol–water partition coefficient (Wildman–Crippen LogP) is 0.936. The summed E-state index contributed by atoms with van der Waals surface area (Å²) in [6, 6.07) is 0. The minimum atomic E-state index is -3.20. The normalized spacial score (nSPS) is 18.9. The molecule has 0 amide bonds. The molecule has 0 atom stereocenters. The highest BCUT2D eigenvalue weighted by Gasteiger charge is 2.24. The summed E-state index contributed by atoms with van der Waals surface area (Å²) in [6.45, 7) is 1.81. The fraction of sp³-hybridized carbons (Fsp3) is 1.00. The Morgan fingerprint density at radius 1 is 1.21 bits per heavy atom. The summed E-state index contributed by atoms with van der Waals surface area (Å²) in [5.74, 6) is 0.589. The molecule has 0 unspecified atom stereocenters. The van der Waals surface area contributed by atoms with Crippen molar-refractivity contribution in [3.05, 3.63) is 0 Å². The van der Waals surface area contributed by atoms with E-state index >= 15 is 0 Å². The van der Waals surface area contributed by atoms with Gasteiger partial charge in [0.25, 0.3) is 10.2 Å². The van der Waals surface area contributed by atoms with Crippen LogP contribution in [0.2, 0.25) is 0 Å². The Balaban J connectivity index is 2.26. The molecule has 1 heterocycles. The molecule has 1 rings (SSSR count). The minimum Gasteiger partial charge on any atom is -0.202 e. The fourth-order valence-corrected chi connectivity index (χ4v) is 2.95. The van der Waals surface area contributed by atoms with E-state index in [1.807, 2.05) is 0 Å². The van der Waals surface area contributed by atoms with Gasteiger partial charge in [-0.15, -0.1) is 11.6 Å². The topological polar surface area (TPSA) is 49.4 Å². The summed E-state index contributed by atoms with van der Waals surface area (Å²) in [5.41, 5.74) is 0. The third-order valence-corrected chi connectivity index (χ3v) is 4.13. The van der Waals surface area contributed by atoms with Crippen LogP contribution in [0.5, 0.6) is 0 Å². The van der Waals surface area contributed by atoms with E-state index in [-0.39, 0.29) is 0 Å². The number of nitrogens with zero attached hydrogens (tertiary/aromatic N) is 1. The number of nitrogens with one attached hydrogen (secondary N) is 1. The zero-order valence-corrected chi connectivity index (χ0v) is 9.78. The van der Waals surface area contributed by atoms with Crippen molar-refractivity contribution >= 4 is 21.8 Å². The van der Waals surface area contributed by atoms with Crippen LogP contribution in [0, 0.1) is 0 Å². The molecule has 0 aliphatic carbocycles. The fourth-order valence-electron chi connectivity index (χ4n) is 1.44. The van der Waals surface area contributed by atoms with Crippen molar-refractivity contribution in [2.75, 3.05) is 25.5 Å². The summed E-state index contributed by atoms with van der Waals surface area (Å²) < 4.78 is 27.2. The monoisotopic (exact) mass is 240 g/mol. The number of hydrogen-bond acceptors (Lipinski definition) is 2.